The maximum atomic E-state index is 10.5. The molecule has 4 heteroatoms. The zero-order valence-corrected chi connectivity index (χ0v) is 11.1. The van der Waals surface area contributed by atoms with Crippen LogP contribution in [0.4, 0.5) is 5.69 Å². The monoisotopic (exact) mass is 261 g/mol. The van der Waals surface area contributed by atoms with E-state index in [1.165, 1.54) is 11.8 Å². The molecule has 1 fully saturated rings. The molecule has 1 N–H and O–H groups in total. The molecule has 0 spiro atoms. The third-order valence-electron chi connectivity index (χ3n) is 3.25. The van der Waals surface area contributed by atoms with Crippen LogP contribution in [0.25, 0.3) is 6.08 Å². The first kappa shape index (κ1) is 13.6. The molecule has 0 saturated carbocycles. The summed E-state index contributed by atoms with van der Waals surface area (Å²) in [6, 6.07) is 6.11. The summed E-state index contributed by atoms with van der Waals surface area (Å²) in [5.41, 5.74) is 3.20. The van der Waals surface area contributed by atoms with Crippen LogP contribution >= 0.6 is 0 Å². The number of carboxylic acids is 1. The van der Waals surface area contributed by atoms with E-state index < -0.39 is 5.97 Å². The number of aryl methyl sites for hydroxylation is 1. The first-order valence-electron chi connectivity index (χ1n) is 6.51. The fourth-order valence-electron chi connectivity index (χ4n) is 2.21. The van der Waals surface area contributed by atoms with E-state index in [9.17, 15) is 4.79 Å². The molecule has 19 heavy (non-hydrogen) atoms. The second kappa shape index (κ2) is 6.38. The van der Waals surface area contributed by atoms with Crippen molar-refractivity contribution in [3.8, 4) is 0 Å². The van der Waals surface area contributed by atoms with Gasteiger partial charge in [-0.05, 0) is 42.7 Å². The van der Waals surface area contributed by atoms with Crippen LogP contribution < -0.4 is 4.90 Å². The maximum Gasteiger partial charge on any atom is 0.328 e. The smallest absolute Gasteiger partial charge is 0.328 e. The minimum absolute atomic E-state index is 0.764. The van der Waals surface area contributed by atoms with Crippen LogP contribution in [0.2, 0.25) is 0 Å². The van der Waals surface area contributed by atoms with E-state index in [1.807, 2.05) is 19.1 Å². The van der Waals surface area contributed by atoms with E-state index in [-0.39, 0.29) is 0 Å². The Morgan fingerprint density at radius 2 is 2.21 bits per heavy atom. The number of hydrogen-bond acceptors (Lipinski definition) is 3. The summed E-state index contributed by atoms with van der Waals surface area (Å²) in [6.07, 6.45) is 3.84. The second-order valence-corrected chi connectivity index (χ2v) is 4.67. The van der Waals surface area contributed by atoms with Crippen molar-refractivity contribution in [2.45, 2.75) is 13.3 Å². The second-order valence-electron chi connectivity index (χ2n) is 4.67. The number of anilines is 1. The summed E-state index contributed by atoms with van der Waals surface area (Å²) in [5.74, 6) is -0.923. The van der Waals surface area contributed by atoms with E-state index in [4.69, 9.17) is 9.84 Å². The van der Waals surface area contributed by atoms with Gasteiger partial charge in [0.1, 0.15) is 0 Å². The van der Waals surface area contributed by atoms with Gasteiger partial charge in [0.2, 0.25) is 0 Å². The fraction of sp³-hybridized carbons (Fsp3) is 0.400. The van der Waals surface area contributed by atoms with Gasteiger partial charge in [-0.1, -0.05) is 6.07 Å². The topological polar surface area (TPSA) is 49.8 Å². The lowest BCUT2D eigenvalue weighted by Crippen LogP contribution is -2.25. The lowest BCUT2D eigenvalue weighted by Gasteiger charge is -2.22. The van der Waals surface area contributed by atoms with Crippen LogP contribution in [-0.2, 0) is 9.53 Å². The quantitative estimate of drug-likeness (QED) is 0.848. The minimum atomic E-state index is -0.923. The Bertz CT molecular complexity index is 474. The Labute approximate surface area is 113 Å². The van der Waals surface area contributed by atoms with E-state index in [0.29, 0.717) is 0 Å². The van der Waals surface area contributed by atoms with Crippen molar-refractivity contribution in [3.63, 3.8) is 0 Å². The molecule has 0 aromatic heterocycles. The van der Waals surface area contributed by atoms with E-state index >= 15 is 0 Å². The van der Waals surface area contributed by atoms with E-state index in [0.717, 1.165) is 43.9 Å². The maximum absolute atomic E-state index is 10.5. The predicted molar refractivity (Wildman–Crippen MR) is 75.5 cm³/mol. The first-order valence-corrected chi connectivity index (χ1v) is 6.51. The van der Waals surface area contributed by atoms with Gasteiger partial charge in [0, 0.05) is 31.5 Å². The Morgan fingerprint density at radius 3 is 2.95 bits per heavy atom. The van der Waals surface area contributed by atoms with E-state index in [2.05, 4.69) is 11.0 Å². The SMILES string of the molecule is Cc1cc(N2CCCOCC2)ccc1C=CC(=O)O. The van der Waals surface area contributed by atoms with Gasteiger partial charge < -0.3 is 14.7 Å². The van der Waals surface area contributed by atoms with Crippen molar-refractivity contribution >= 4 is 17.7 Å². The van der Waals surface area contributed by atoms with Gasteiger partial charge in [0.15, 0.2) is 0 Å². The number of aliphatic carboxylic acids is 1. The first-order chi connectivity index (χ1) is 9.16. The molecular formula is C15H19NO3. The van der Waals surface area contributed by atoms with Crippen LogP contribution in [-0.4, -0.2) is 37.4 Å². The number of hydrogen-bond donors (Lipinski definition) is 1. The van der Waals surface area contributed by atoms with E-state index in [1.54, 1.807) is 6.08 Å². The highest BCUT2D eigenvalue weighted by atomic mass is 16.5. The Balaban J connectivity index is 2.15. The minimum Gasteiger partial charge on any atom is -0.478 e. The average molecular weight is 261 g/mol. The molecule has 0 atom stereocenters. The van der Waals surface area contributed by atoms with Crippen molar-refractivity contribution in [2.24, 2.45) is 0 Å². The highest BCUT2D eigenvalue weighted by Gasteiger charge is 2.10. The Kier molecular flexibility index (Phi) is 4.58. The number of ether oxygens (including phenoxy) is 1. The summed E-state index contributed by atoms with van der Waals surface area (Å²) in [4.78, 5) is 12.8. The Morgan fingerprint density at radius 1 is 1.37 bits per heavy atom. The summed E-state index contributed by atoms with van der Waals surface area (Å²) < 4.78 is 5.45. The van der Waals surface area contributed by atoms with Crippen molar-refractivity contribution in [3.05, 3.63) is 35.4 Å². The summed E-state index contributed by atoms with van der Waals surface area (Å²) in [6.45, 7) is 5.50. The molecule has 1 heterocycles. The molecule has 1 aromatic carbocycles. The molecule has 102 valence electrons. The highest BCUT2D eigenvalue weighted by Crippen LogP contribution is 2.21. The molecule has 2 rings (SSSR count). The van der Waals surface area contributed by atoms with Crippen LogP contribution in [0.5, 0.6) is 0 Å². The van der Waals surface area contributed by atoms with Gasteiger partial charge in [0.05, 0.1) is 6.61 Å². The van der Waals surface area contributed by atoms with Gasteiger partial charge in [-0.25, -0.2) is 4.79 Å². The van der Waals surface area contributed by atoms with Gasteiger partial charge in [-0.15, -0.1) is 0 Å². The van der Waals surface area contributed by atoms with Gasteiger partial charge in [0.25, 0.3) is 0 Å². The molecule has 0 radical (unpaired) electrons. The third-order valence-corrected chi connectivity index (χ3v) is 3.25. The van der Waals surface area contributed by atoms with Crippen molar-refractivity contribution in [1.82, 2.24) is 0 Å². The molecular weight excluding hydrogens is 242 g/mol. The number of carboxylic acid groups (broad SMARTS) is 1. The van der Waals surface area contributed by atoms with Gasteiger partial charge in [-0.2, -0.15) is 0 Å². The van der Waals surface area contributed by atoms with Crippen LogP contribution in [0.3, 0.4) is 0 Å². The summed E-state index contributed by atoms with van der Waals surface area (Å²) in [7, 11) is 0. The molecule has 0 unspecified atom stereocenters. The summed E-state index contributed by atoms with van der Waals surface area (Å²) >= 11 is 0. The molecule has 0 aliphatic carbocycles. The summed E-state index contributed by atoms with van der Waals surface area (Å²) in [5, 5.41) is 8.65. The number of carbonyl (C=O) groups is 1. The zero-order valence-electron chi connectivity index (χ0n) is 11.1. The standard InChI is InChI=1S/C15H19NO3/c1-12-11-14(16-7-2-9-19-10-8-16)5-3-13(12)4-6-15(17)18/h3-6,11H,2,7-10H2,1H3,(H,17,18). The normalized spacial score (nSPS) is 16.6. The number of rotatable bonds is 3. The molecule has 0 amide bonds. The van der Waals surface area contributed by atoms with Crippen molar-refractivity contribution in [2.75, 3.05) is 31.2 Å². The highest BCUT2D eigenvalue weighted by molar-refractivity contribution is 5.85. The average Bonchev–Trinajstić information content (AvgIpc) is 2.66. The number of benzene rings is 1. The van der Waals surface area contributed by atoms with Gasteiger partial charge in [-0.3, -0.25) is 0 Å². The van der Waals surface area contributed by atoms with Gasteiger partial charge >= 0.3 is 5.97 Å². The molecule has 1 aromatic rings. The lowest BCUT2D eigenvalue weighted by molar-refractivity contribution is -0.131. The largest absolute Gasteiger partial charge is 0.478 e. The van der Waals surface area contributed by atoms with Crippen LogP contribution in [0.15, 0.2) is 24.3 Å². The zero-order chi connectivity index (χ0) is 13.7. The third kappa shape index (κ3) is 3.83. The predicted octanol–water partition coefficient (Wildman–Crippen LogP) is 2.32. The van der Waals surface area contributed by atoms with Crippen LogP contribution in [0.1, 0.15) is 17.5 Å². The molecule has 1 saturated heterocycles. The fourth-order valence-corrected chi connectivity index (χ4v) is 2.21. The lowest BCUT2D eigenvalue weighted by atomic mass is 10.1. The molecule has 0 bridgehead atoms. The molecule has 4 nitrogen and oxygen atoms in total. The molecule has 1 aliphatic rings. The number of nitrogens with zero attached hydrogens (tertiary/aromatic N) is 1. The Hall–Kier alpha value is -1.81. The van der Waals surface area contributed by atoms with Crippen molar-refractivity contribution in [1.29, 1.82) is 0 Å². The van der Waals surface area contributed by atoms with Crippen LogP contribution in [0, 0.1) is 6.92 Å². The molecule has 1 aliphatic heterocycles. The van der Waals surface area contributed by atoms with Crippen molar-refractivity contribution < 1.29 is 14.6 Å².